The molecule has 2 aliphatic rings. The molecule has 2 aromatic rings. The second-order valence-electron chi connectivity index (χ2n) is 10.1. The molecule has 0 aliphatic carbocycles. The number of hydrogen-bond donors (Lipinski definition) is 1. The molecule has 0 radical (unpaired) electrons. The molecule has 1 N–H and O–H groups in total. The molecule has 2 fully saturated rings. The van der Waals surface area contributed by atoms with Gasteiger partial charge in [-0.3, -0.25) is 9.69 Å². The quantitative estimate of drug-likeness (QED) is 0.350. The van der Waals surface area contributed by atoms with Crippen LogP contribution in [0, 0.1) is 0 Å². The fraction of sp³-hybridized carbons (Fsp3) is 0.519. The molecule has 1 unspecified atom stereocenters. The highest BCUT2D eigenvalue weighted by Gasteiger charge is 2.37. The minimum absolute atomic E-state index is 0.0491. The van der Waals surface area contributed by atoms with Gasteiger partial charge in [0.25, 0.3) is 0 Å². The zero-order chi connectivity index (χ0) is 28.4. The highest BCUT2D eigenvalue weighted by Crippen LogP contribution is 2.37. The first-order valence-corrected chi connectivity index (χ1v) is 13.5. The van der Waals surface area contributed by atoms with E-state index < -0.39 is 35.8 Å². The summed E-state index contributed by atoms with van der Waals surface area (Å²) in [6, 6.07) is 6.59. The van der Waals surface area contributed by atoms with Gasteiger partial charge in [0, 0.05) is 25.7 Å². The van der Waals surface area contributed by atoms with Crippen LogP contribution in [0.3, 0.4) is 0 Å². The molecule has 1 amide bonds. The number of benzene rings is 2. The van der Waals surface area contributed by atoms with E-state index in [4.69, 9.17) is 23.2 Å². The highest BCUT2D eigenvalue weighted by molar-refractivity contribution is 6.42. The van der Waals surface area contributed by atoms with Crippen molar-refractivity contribution in [1.82, 2.24) is 15.1 Å². The van der Waals surface area contributed by atoms with Gasteiger partial charge in [-0.15, -0.1) is 0 Å². The van der Waals surface area contributed by atoms with E-state index in [0.29, 0.717) is 28.2 Å². The van der Waals surface area contributed by atoms with Gasteiger partial charge in [-0.2, -0.15) is 26.3 Å². The molecule has 0 bridgehead atoms. The van der Waals surface area contributed by atoms with Gasteiger partial charge in [0.15, 0.2) is 0 Å². The Bertz CT molecular complexity index is 1130. The second kappa shape index (κ2) is 12.2. The minimum Gasteiger partial charge on any atom is -0.354 e. The van der Waals surface area contributed by atoms with Crippen molar-refractivity contribution in [3.63, 3.8) is 0 Å². The lowest BCUT2D eigenvalue weighted by Gasteiger charge is -2.40. The Kier molecular flexibility index (Phi) is 9.41. The number of halogens is 8. The number of carbonyl (C=O) groups is 1. The lowest BCUT2D eigenvalue weighted by Crippen LogP contribution is -2.47. The Balaban J connectivity index is 1.47. The number of piperidine rings is 1. The van der Waals surface area contributed by atoms with Gasteiger partial charge < -0.3 is 10.2 Å². The number of alkyl halides is 6. The topological polar surface area (TPSA) is 35.6 Å². The van der Waals surface area contributed by atoms with E-state index in [0.717, 1.165) is 44.6 Å². The molecular formula is C27H29Cl2F6N3O. The zero-order valence-corrected chi connectivity index (χ0v) is 22.5. The van der Waals surface area contributed by atoms with E-state index in [-0.39, 0.29) is 24.2 Å². The molecule has 1 atom stereocenters. The van der Waals surface area contributed by atoms with Gasteiger partial charge >= 0.3 is 12.4 Å². The minimum atomic E-state index is -4.98. The normalized spacial score (nSPS) is 18.9. The third-order valence-electron chi connectivity index (χ3n) is 7.43. The van der Waals surface area contributed by atoms with Crippen LogP contribution in [0.2, 0.25) is 10.0 Å². The molecule has 4 rings (SSSR count). The van der Waals surface area contributed by atoms with Gasteiger partial charge in [-0.05, 0) is 80.2 Å². The maximum absolute atomic E-state index is 13.2. The molecule has 0 aromatic heterocycles. The Hall–Kier alpha value is -2.01. The van der Waals surface area contributed by atoms with E-state index in [9.17, 15) is 31.1 Å². The predicted molar refractivity (Wildman–Crippen MR) is 138 cm³/mol. The van der Waals surface area contributed by atoms with Crippen LogP contribution in [0.4, 0.5) is 26.3 Å². The lowest BCUT2D eigenvalue weighted by atomic mass is 9.98. The van der Waals surface area contributed by atoms with Crippen LogP contribution >= 0.6 is 23.2 Å². The van der Waals surface area contributed by atoms with Gasteiger partial charge in [0.1, 0.15) is 0 Å². The van der Waals surface area contributed by atoms with Crippen LogP contribution in [0.1, 0.15) is 54.0 Å². The van der Waals surface area contributed by atoms with Crippen molar-refractivity contribution in [3.05, 3.63) is 68.7 Å². The first kappa shape index (κ1) is 30.0. The van der Waals surface area contributed by atoms with Crippen molar-refractivity contribution < 1.29 is 31.1 Å². The Morgan fingerprint density at radius 3 is 2.00 bits per heavy atom. The SMILES string of the molecule is O=C(Cc1cc(C(F)(F)F)cc(C(F)(F)F)c1)NCC(c1ccc(Cl)c(Cl)c1)N1CCC(N2CCCC2)CC1. The number of amides is 1. The monoisotopic (exact) mass is 595 g/mol. The third-order valence-corrected chi connectivity index (χ3v) is 8.17. The van der Waals surface area contributed by atoms with Gasteiger partial charge in [0.05, 0.1) is 33.6 Å². The summed E-state index contributed by atoms with van der Waals surface area (Å²) in [5, 5.41) is 3.44. The number of hydrogen-bond acceptors (Lipinski definition) is 3. The predicted octanol–water partition coefficient (Wildman–Crippen LogP) is 6.99. The number of rotatable bonds is 7. The molecule has 0 saturated carbocycles. The number of nitrogens with zero attached hydrogens (tertiary/aromatic N) is 2. The summed E-state index contributed by atoms with van der Waals surface area (Å²) in [5.41, 5.74) is -2.46. The van der Waals surface area contributed by atoms with Crippen LogP contribution in [-0.2, 0) is 23.6 Å². The van der Waals surface area contributed by atoms with Crippen molar-refractivity contribution in [2.45, 2.75) is 56.5 Å². The molecule has 0 spiro atoms. The summed E-state index contributed by atoms with van der Waals surface area (Å²) >= 11 is 12.3. The smallest absolute Gasteiger partial charge is 0.354 e. The fourth-order valence-corrected chi connectivity index (χ4v) is 5.73. The van der Waals surface area contributed by atoms with E-state index >= 15 is 0 Å². The van der Waals surface area contributed by atoms with Crippen molar-refractivity contribution in [2.75, 3.05) is 32.7 Å². The van der Waals surface area contributed by atoms with Crippen molar-refractivity contribution in [1.29, 1.82) is 0 Å². The Morgan fingerprint density at radius 1 is 0.872 bits per heavy atom. The average molecular weight is 596 g/mol. The molecule has 2 saturated heterocycles. The summed E-state index contributed by atoms with van der Waals surface area (Å²) < 4.78 is 79.3. The van der Waals surface area contributed by atoms with Gasteiger partial charge in [0.2, 0.25) is 5.91 Å². The van der Waals surface area contributed by atoms with Gasteiger partial charge in [-0.25, -0.2) is 0 Å². The van der Waals surface area contributed by atoms with E-state index in [1.807, 2.05) is 0 Å². The highest BCUT2D eigenvalue weighted by atomic mass is 35.5. The van der Waals surface area contributed by atoms with Crippen LogP contribution in [0.15, 0.2) is 36.4 Å². The Labute approximate surface area is 233 Å². The molecule has 2 heterocycles. The fourth-order valence-electron chi connectivity index (χ4n) is 5.43. The third kappa shape index (κ3) is 7.80. The first-order valence-electron chi connectivity index (χ1n) is 12.8. The first-order chi connectivity index (χ1) is 18.3. The molecule has 214 valence electrons. The van der Waals surface area contributed by atoms with Crippen LogP contribution in [-0.4, -0.2) is 54.5 Å². The summed E-state index contributed by atoms with van der Waals surface area (Å²) in [6.45, 7) is 3.84. The summed E-state index contributed by atoms with van der Waals surface area (Å²) in [4.78, 5) is 17.5. The van der Waals surface area contributed by atoms with Crippen molar-refractivity contribution in [3.8, 4) is 0 Å². The molecule has 2 aliphatic heterocycles. The summed E-state index contributed by atoms with van der Waals surface area (Å²) in [5.74, 6) is -0.681. The number of likely N-dealkylation sites (tertiary alicyclic amines) is 2. The molecule has 12 heteroatoms. The van der Waals surface area contributed by atoms with Gasteiger partial charge in [-0.1, -0.05) is 29.3 Å². The number of carbonyl (C=O) groups excluding carboxylic acids is 1. The second-order valence-corrected chi connectivity index (χ2v) is 10.9. The maximum atomic E-state index is 13.2. The molecule has 4 nitrogen and oxygen atoms in total. The molecule has 39 heavy (non-hydrogen) atoms. The van der Waals surface area contributed by atoms with Crippen LogP contribution in [0.25, 0.3) is 0 Å². The summed E-state index contributed by atoms with van der Waals surface area (Å²) in [7, 11) is 0. The zero-order valence-electron chi connectivity index (χ0n) is 21.0. The molecular weight excluding hydrogens is 567 g/mol. The van der Waals surface area contributed by atoms with Crippen molar-refractivity contribution in [2.24, 2.45) is 0 Å². The standard InChI is InChI=1S/C27H29Cl2F6N3O/c28-22-4-3-18(14-23(22)29)24(38-9-5-21(6-10-38)37-7-1-2-8-37)16-36-25(39)13-17-11-19(26(30,31)32)15-20(12-17)27(33,34)35/h3-4,11-12,14-15,21,24H,1-2,5-10,13,16H2,(H,36,39). The van der Waals surface area contributed by atoms with Crippen LogP contribution in [0.5, 0.6) is 0 Å². The van der Waals surface area contributed by atoms with Crippen molar-refractivity contribution >= 4 is 29.1 Å². The largest absolute Gasteiger partial charge is 0.416 e. The van der Waals surface area contributed by atoms with E-state index in [1.165, 1.54) is 12.8 Å². The molecule has 2 aromatic carbocycles. The van der Waals surface area contributed by atoms with E-state index in [2.05, 4.69) is 15.1 Å². The van der Waals surface area contributed by atoms with E-state index in [1.54, 1.807) is 18.2 Å². The summed E-state index contributed by atoms with van der Waals surface area (Å²) in [6.07, 6.45) is -6.27. The van der Waals surface area contributed by atoms with Crippen LogP contribution < -0.4 is 5.32 Å². The lowest BCUT2D eigenvalue weighted by molar-refractivity contribution is -0.143. The average Bonchev–Trinajstić information content (AvgIpc) is 3.40. The Morgan fingerprint density at radius 2 is 1.46 bits per heavy atom. The maximum Gasteiger partial charge on any atom is 0.416 e. The number of nitrogens with one attached hydrogen (secondary N) is 1.